The summed E-state index contributed by atoms with van der Waals surface area (Å²) in [5, 5.41) is 4.44. The summed E-state index contributed by atoms with van der Waals surface area (Å²) < 4.78 is 1.28. The Morgan fingerprint density at radius 2 is 1.77 bits per heavy atom. The van der Waals surface area contributed by atoms with Crippen molar-refractivity contribution in [3.8, 4) is 11.3 Å². The van der Waals surface area contributed by atoms with Gasteiger partial charge >= 0.3 is 0 Å². The Labute approximate surface area is 175 Å². The molecule has 0 saturated carbocycles. The second kappa shape index (κ2) is 9.00. The van der Waals surface area contributed by atoms with Crippen LogP contribution < -0.4 is 5.56 Å². The summed E-state index contributed by atoms with van der Waals surface area (Å²) in [5.74, 6) is -0.0766. The lowest BCUT2D eigenvalue weighted by molar-refractivity contribution is -0.136. The molecule has 4 rings (SSSR count). The van der Waals surface area contributed by atoms with Gasteiger partial charge in [-0.3, -0.25) is 19.5 Å². The van der Waals surface area contributed by atoms with Gasteiger partial charge in [0.05, 0.1) is 5.69 Å². The molecule has 7 nitrogen and oxygen atoms in total. The van der Waals surface area contributed by atoms with Crippen LogP contribution >= 0.6 is 0 Å². The van der Waals surface area contributed by atoms with Crippen LogP contribution in [0.5, 0.6) is 0 Å². The van der Waals surface area contributed by atoms with Crippen molar-refractivity contribution in [3.05, 3.63) is 82.9 Å². The predicted octanol–water partition coefficient (Wildman–Crippen LogP) is 2.21. The van der Waals surface area contributed by atoms with E-state index in [0.29, 0.717) is 18.8 Å². The van der Waals surface area contributed by atoms with Crippen LogP contribution in [0.4, 0.5) is 0 Å². The maximum absolute atomic E-state index is 13.1. The molecule has 1 fully saturated rings. The summed E-state index contributed by atoms with van der Waals surface area (Å²) in [6.45, 7) is 5.53. The van der Waals surface area contributed by atoms with Crippen LogP contribution in [-0.4, -0.2) is 56.7 Å². The van der Waals surface area contributed by atoms with Crippen LogP contribution in [-0.2, 0) is 11.3 Å². The zero-order valence-electron chi connectivity index (χ0n) is 17.0. The molecule has 0 spiro atoms. The molecule has 1 aliphatic rings. The molecule has 0 bridgehead atoms. The molecule has 30 heavy (non-hydrogen) atoms. The van der Waals surface area contributed by atoms with E-state index < -0.39 is 6.04 Å². The highest BCUT2D eigenvalue weighted by Gasteiger charge is 2.27. The van der Waals surface area contributed by atoms with E-state index in [1.165, 1.54) is 16.3 Å². The van der Waals surface area contributed by atoms with E-state index in [9.17, 15) is 9.59 Å². The Bertz CT molecular complexity index is 1040. The summed E-state index contributed by atoms with van der Waals surface area (Å²) in [6, 6.07) is 16.5. The van der Waals surface area contributed by atoms with Gasteiger partial charge in [0.1, 0.15) is 6.04 Å². The molecule has 1 atom stereocenters. The van der Waals surface area contributed by atoms with Crippen molar-refractivity contribution >= 4 is 5.91 Å². The second-order valence-electron chi connectivity index (χ2n) is 7.51. The lowest BCUT2D eigenvalue weighted by atomic mass is 10.2. The van der Waals surface area contributed by atoms with E-state index in [1.54, 1.807) is 25.4 Å². The minimum absolute atomic E-state index is 0.0766. The number of aromatic nitrogens is 3. The summed E-state index contributed by atoms with van der Waals surface area (Å²) in [7, 11) is 0. The molecule has 0 aliphatic carbocycles. The van der Waals surface area contributed by atoms with Gasteiger partial charge in [0, 0.05) is 56.7 Å². The SMILES string of the molecule is CC(C(=O)N1CCN(Cc2ccccc2)CC1)n1nc(-c2cccnc2)ccc1=O. The van der Waals surface area contributed by atoms with Crippen molar-refractivity contribution < 1.29 is 4.79 Å². The first-order valence-electron chi connectivity index (χ1n) is 10.2. The highest BCUT2D eigenvalue weighted by atomic mass is 16.2. The third-order valence-electron chi connectivity index (χ3n) is 5.44. The lowest BCUT2D eigenvalue weighted by Crippen LogP contribution is -2.50. The molecule has 1 saturated heterocycles. The Kier molecular flexibility index (Phi) is 5.99. The maximum Gasteiger partial charge on any atom is 0.267 e. The molecule has 0 N–H and O–H groups in total. The van der Waals surface area contributed by atoms with Gasteiger partial charge in [-0.2, -0.15) is 5.10 Å². The molecular weight excluding hydrogens is 378 g/mol. The molecule has 1 aliphatic heterocycles. The van der Waals surface area contributed by atoms with E-state index in [2.05, 4.69) is 27.1 Å². The average molecular weight is 403 g/mol. The first kappa shape index (κ1) is 20.0. The number of hydrogen-bond donors (Lipinski definition) is 0. The normalized spacial score (nSPS) is 15.7. The highest BCUT2D eigenvalue weighted by Crippen LogP contribution is 2.16. The van der Waals surface area contributed by atoms with E-state index in [4.69, 9.17) is 0 Å². The largest absolute Gasteiger partial charge is 0.338 e. The van der Waals surface area contributed by atoms with Crippen molar-refractivity contribution in [3.63, 3.8) is 0 Å². The zero-order valence-corrected chi connectivity index (χ0v) is 17.0. The van der Waals surface area contributed by atoms with Crippen LogP contribution in [0.25, 0.3) is 11.3 Å². The summed E-state index contributed by atoms with van der Waals surface area (Å²) in [4.78, 5) is 33.7. The van der Waals surface area contributed by atoms with Crippen molar-refractivity contribution in [1.82, 2.24) is 24.6 Å². The molecule has 7 heteroatoms. The molecule has 3 heterocycles. The first-order valence-corrected chi connectivity index (χ1v) is 10.2. The maximum atomic E-state index is 13.1. The van der Waals surface area contributed by atoms with Crippen molar-refractivity contribution in [2.45, 2.75) is 19.5 Å². The van der Waals surface area contributed by atoms with Crippen LogP contribution in [0.1, 0.15) is 18.5 Å². The predicted molar refractivity (Wildman–Crippen MR) is 115 cm³/mol. The number of nitrogens with zero attached hydrogens (tertiary/aromatic N) is 5. The Morgan fingerprint density at radius 3 is 2.47 bits per heavy atom. The number of benzene rings is 1. The molecule has 3 aromatic rings. The van der Waals surface area contributed by atoms with Gasteiger partial charge in [-0.25, -0.2) is 4.68 Å². The monoisotopic (exact) mass is 403 g/mol. The number of carbonyl (C=O) groups excluding carboxylic acids is 1. The number of amides is 1. The average Bonchev–Trinajstić information content (AvgIpc) is 2.80. The van der Waals surface area contributed by atoms with Crippen molar-refractivity contribution in [2.24, 2.45) is 0 Å². The Morgan fingerprint density at radius 1 is 1.00 bits per heavy atom. The molecule has 1 amide bonds. The molecule has 2 aromatic heterocycles. The van der Waals surface area contributed by atoms with Crippen molar-refractivity contribution in [1.29, 1.82) is 0 Å². The number of rotatable bonds is 5. The topological polar surface area (TPSA) is 71.3 Å². The van der Waals surface area contributed by atoms with E-state index in [1.807, 2.05) is 35.2 Å². The van der Waals surface area contributed by atoms with E-state index >= 15 is 0 Å². The summed E-state index contributed by atoms with van der Waals surface area (Å²) in [5.41, 5.74) is 2.41. The van der Waals surface area contributed by atoms with E-state index in [0.717, 1.165) is 25.2 Å². The third kappa shape index (κ3) is 4.46. The van der Waals surface area contributed by atoms with Gasteiger partial charge in [0.25, 0.3) is 5.56 Å². The standard InChI is InChI=1S/C23H25N5O2/c1-18(28-22(29)10-9-21(25-28)20-8-5-11-24-16-20)23(30)27-14-12-26(13-15-27)17-19-6-3-2-4-7-19/h2-11,16,18H,12-15,17H2,1H3. The Balaban J connectivity index is 1.42. The number of hydrogen-bond acceptors (Lipinski definition) is 5. The minimum atomic E-state index is -0.658. The fourth-order valence-electron chi connectivity index (χ4n) is 3.71. The molecular formula is C23H25N5O2. The van der Waals surface area contributed by atoms with Crippen LogP contribution in [0, 0.1) is 0 Å². The van der Waals surface area contributed by atoms with Gasteiger partial charge in [-0.15, -0.1) is 0 Å². The van der Waals surface area contributed by atoms with Gasteiger partial charge < -0.3 is 4.90 Å². The molecule has 0 radical (unpaired) electrons. The van der Waals surface area contributed by atoms with Crippen LogP contribution in [0.2, 0.25) is 0 Å². The van der Waals surface area contributed by atoms with Gasteiger partial charge in [0.2, 0.25) is 5.91 Å². The van der Waals surface area contributed by atoms with E-state index in [-0.39, 0.29) is 11.5 Å². The second-order valence-corrected chi connectivity index (χ2v) is 7.51. The summed E-state index contributed by atoms with van der Waals surface area (Å²) in [6.07, 6.45) is 3.37. The molecule has 154 valence electrons. The number of piperazine rings is 1. The van der Waals surface area contributed by atoms with Crippen LogP contribution in [0.15, 0.2) is 71.8 Å². The van der Waals surface area contributed by atoms with Gasteiger partial charge in [-0.1, -0.05) is 30.3 Å². The highest BCUT2D eigenvalue weighted by molar-refractivity contribution is 5.80. The van der Waals surface area contributed by atoms with Gasteiger partial charge in [-0.05, 0) is 30.7 Å². The van der Waals surface area contributed by atoms with Gasteiger partial charge in [0.15, 0.2) is 0 Å². The number of carbonyl (C=O) groups is 1. The first-order chi connectivity index (χ1) is 14.6. The minimum Gasteiger partial charge on any atom is -0.338 e. The smallest absolute Gasteiger partial charge is 0.267 e. The third-order valence-corrected chi connectivity index (χ3v) is 5.44. The number of pyridine rings is 1. The summed E-state index contributed by atoms with van der Waals surface area (Å²) >= 11 is 0. The molecule has 1 aromatic carbocycles. The fraction of sp³-hybridized carbons (Fsp3) is 0.304. The fourth-order valence-corrected chi connectivity index (χ4v) is 3.71. The zero-order chi connectivity index (χ0) is 20.9. The quantitative estimate of drug-likeness (QED) is 0.653. The van der Waals surface area contributed by atoms with Crippen LogP contribution in [0.3, 0.4) is 0 Å². The molecule has 1 unspecified atom stereocenters. The Hall–Kier alpha value is -3.32. The van der Waals surface area contributed by atoms with Crippen molar-refractivity contribution in [2.75, 3.05) is 26.2 Å². The lowest BCUT2D eigenvalue weighted by Gasteiger charge is -2.36.